The van der Waals surface area contributed by atoms with Crippen molar-refractivity contribution in [3.63, 3.8) is 0 Å². The Bertz CT molecular complexity index is 1030. The fourth-order valence-electron chi connectivity index (χ4n) is 2.48. The molecule has 0 aliphatic carbocycles. The third kappa shape index (κ3) is 3.82. The van der Waals surface area contributed by atoms with E-state index in [0.29, 0.717) is 23.8 Å². The molecule has 1 amide bonds. The average Bonchev–Trinajstić information content (AvgIpc) is 3.28. The summed E-state index contributed by atoms with van der Waals surface area (Å²) in [6.45, 7) is 0.358. The summed E-state index contributed by atoms with van der Waals surface area (Å²) < 4.78 is 0. The highest BCUT2D eigenvalue weighted by atomic mass is 16.1. The van der Waals surface area contributed by atoms with Gasteiger partial charge in [0.25, 0.3) is 5.91 Å². The molecule has 4 aromatic rings. The molecule has 0 aliphatic rings. The predicted molar refractivity (Wildman–Crippen MR) is 96.0 cm³/mol. The van der Waals surface area contributed by atoms with Gasteiger partial charge in [0.1, 0.15) is 0 Å². The molecule has 0 fully saturated rings. The lowest BCUT2D eigenvalue weighted by molar-refractivity contribution is 0.0950. The first-order valence-electron chi connectivity index (χ1n) is 8.13. The molecule has 27 heavy (non-hydrogen) atoms. The molecule has 0 radical (unpaired) electrons. The quantitative estimate of drug-likeness (QED) is 0.556. The van der Waals surface area contributed by atoms with E-state index in [1.165, 1.54) is 12.4 Å². The summed E-state index contributed by atoms with van der Waals surface area (Å²) in [5.41, 5.74) is 2.97. The number of hydrogen-bond donors (Lipinski definition) is 2. The van der Waals surface area contributed by atoms with Crippen LogP contribution in [0.25, 0.3) is 22.8 Å². The predicted octanol–water partition coefficient (Wildman–Crippen LogP) is 1.65. The molecule has 3 aromatic heterocycles. The van der Waals surface area contributed by atoms with Gasteiger partial charge in [-0.2, -0.15) is 5.21 Å². The molecule has 9 heteroatoms. The maximum atomic E-state index is 12.3. The highest BCUT2D eigenvalue weighted by molar-refractivity contribution is 5.93. The lowest BCUT2D eigenvalue weighted by atomic mass is 10.1. The van der Waals surface area contributed by atoms with Crippen LogP contribution in [0.3, 0.4) is 0 Å². The van der Waals surface area contributed by atoms with Gasteiger partial charge >= 0.3 is 0 Å². The van der Waals surface area contributed by atoms with Crippen LogP contribution in [0.1, 0.15) is 15.9 Å². The normalized spacial score (nSPS) is 10.5. The van der Waals surface area contributed by atoms with Gasteiger partial charge < -0.3 is 5.32 Å². The van der Waals surface area contributed by atoms with Crippen LogP contribution in [-0.2, 0) is 6.54 Å². The third-order valence-corrected chi connectivity index (χ3v) is 3.84. The second kappa shape index (κ2) is 7.48. The molecule has 0 bridgehead atoms. The van der Waals surface area contributed by atoms with E-state index in [-0.39, 0.29) is 5.91 Å². The molecular formula is C18H14N8O. The van der Waals surface area contributed by atoms with Gasteiger partial charge in [-0.15, -0.1) is 10.2 Å². The number of aromatic nitrogens is 7. The van der Waals surface area contributed by atoms with E-state index >= 15 is 0 Å². The van der Waals surface area contributed by atoms with Crippen molar-refractivity contribution in [1.82, 2.24) is 40.9 Å². The number of nitrogens with zero attached hydrogens (tertiary/aromatic N) is 6. The Morgan fingerprint density at radius 3 is 2.56 bits per heavy atom. The first kappa shape index (κ1) is 16.5. The van der Waals surface area contributed by atoms with Crippen LogP contribution in [0.5, 0.6) is 0 Å². The Morgan fingerprint density at radius 1 is 1.00 bits per heavy atom. The molecule has 9 nitrogen and oxygen atoms in total. The summed E-state index contributed by atoms with van der Waals surface area (Å²) in [6.07, 6.45) is 6.35. The van der Waals surface area contributed by atoms with E-state index in [4.69, 9.17) is 0 Å². The highest BCUT2D eigenvalue weighted by Gasteiger charge is 2.09. The number of aromatic amines is 1. The van der Waals surface area contributed by atoms with Crippen molar-refractivity contribution in [2.45, 2.75) is 6.54 Å². The minimum atomic E-state index is -0.249. The van der Waals surface area contributed by atoms with Gasteiger partial charge in [-0.25, -0.2) is 9.97 Å². The number of benzene rings is 1. The Morgan fingerprint density at radius 2 is 1.81 bits per heavy atom. The van der Waals surface area contributed by atoms with Gasteiger partial charge in [0.2, 0.25) is 5.82 Å². The summed E-state index contributed by atoms with van der Waals surface area (Å²) in [5, 5.41) is 16.7. The van der Waals surface area contributed by atoms with Crippen LogP contribution in [0.4, 0.5) is 0 Å². The first-order valence-corrected chi connectivity index (χ1v) is 8.13. The SMILES string of the molecule is O=C(NCc1cccc(-c2nn[nH]n2)c1)c1cnc(-c2ccncc2)nc1. The number of tetrazole rings is 1. The van der Waals surface area contributed by atoms with E-state index in [2.05, 4.69) is 40.9 Å². The zero-order valence-corrected chi connectivity index (χ0v) is 14.1. The zero-order chi connectivity index (χ0) is 18.5. The molecule has 4 rings (SSSR count). The van der Waals surface area contributed by atoms with E-state index in [0.717, 1.165) is 16.7 Å². The van der Waals surface area contributed by atoms with Crippen molar-refractivity contribution in [3.05, 3.63) is 72.3 Å². The number of carbonyl (C=O) groups is 1. The van der Waals surface area contributed by atoms with Crippen molar-refractivity contribution in [2.24, 2.45) is 0 Å². The van der Waals surface area contributed by atoms with Crippen LogP contribution < -0.4 is 5.32 Å². The fourth-order valence-corrected chi connectivity index (χ4v) is 2.48. The number of nitrogens with one attached hydrogen (secondary N) is 2. The molecule has 0 aliphatic heterocycles. The molecule has 1 aromatic carbocycles. The largest absolute Gasteiger partial charge is 0.348 e. The monoisotopic (exact) mass is 358 g/mol. The molecule has 2 N–H and O–H groups in total. The van der Waals surface area contributed by atoms with E-state index in [9.17, 15) is 4.79 Å². The lowest BCUT2D eigenvalue weighted by Gasteiger charge is -2.06. The first-order chi connectivity index (χ1) is 13.3. The highest BCUT2D eigenvalue weighted by Crippen LogP contribution is 2.15. The maximum Gasteiger partial charge on any atom is 0.254 e. The summed E-state index contributed by atoms with van der Waals surface area (Å²) in [5.74, 6) is 0.797. The van der Waals surface area contributed by atoms with Crippen LogP contribution >= 0.6 is 0 Å². The van der Waals surface area contributed by atoms with Crippen LogP contribution in [0.2, 0.25) is 0 Å². The number of amides is 1. The fraction of sp³-hybridized carbons (Fsp3) is 0.0556. The summed E-state index contributed by atoms with van der Waals surface area (Å²) >= 11 is 0. The lowest BCUT2D eigenvalue weighted by Crippen LogP contribution is -2.23. The maximum absolute atomic E-state index is 12.3. The van der Waals surface area contributed by atoms with Gasteiger partial charge in [0, 0.05) is 42.5 Å². The van der Waals surface area contributed by atoms with Crippen molar-refractivity contribution < 1.29 is 4.79 Å². The number of rotatable bonds is 5. The molecule has 132 valence electrons. The number of hydrogen-bond acceptors (Lipinski definition) is 7. The average molecular weight is 358 g/mol. The number of pyridine rings is 1. The van der Waals surface area contributed by atoms with Crippen LogP contribution in [0.15, 0.2) is 61.2 Å². The van der Waals surface area contributed by atoms with E-state index in [1.807, 2.05) is 36.4 Å². The summed E-state index contributed by atoms with van der Waals surface area (Å²) in [7, 11) is 0. The van der Waals surface area contributed by atoms with E-state index < -0.39 is 0 Å². The standard InChI is InChI=1S/C18H14N8O/c27-18(15-10-20-16(21-11-15)13-4-6-19-7-5-13)22-9-12-2-1-3-14(8-12)17-23-25-26-24-17/h1-8,10-11H,9H2,(H,22,27)(H,23,24,25,26). The second-order valence-corrected chi connectivity index (χ2v) is 5.65. The van der Waals surface area contributed by atoms with Crippen LogP contribution in [-0.4, -0.2) is 41.5 Å². The van der Waals surface area contributed by atoms with Gasteiger partial charge in [-0.05, 0) is 29.0 Å². The minimum absolute atomic E-state index is 0.249. The second-order valence-electron chi connectivity index (χ2n) is 5.65. The molecular weight excluding hydrogens is 344 g/mol. The summed E-state index contributed by atoms with van der Waals surface area (Å²) in [4.78, 5) is 24.8. The Hall–Kier alpha value is -4.01. The Balaban J connectivity index is 1.42. The minimum Gasteiger partial charge on any atom is -0.348 e. The van der Waals surface area contributed by atoms with Gasteiger partial charge in [-0.3, -0.25) is 9.78 Å². The zero-order valence-electron chi connectivity index (χ0n) is 14.1. The van der Waals surface area contributed by atoms with Crippen LogP contribution in [0, 0.1) is 0 Å². The summed E-state index contributed by atoms with van der Waals surface area (Å²) in [6, 6.07) is 11.2. The number of H-pyrrole nitrogens is 1. The van der Waals surface area contributed by atoms with Gasteiger partial charge in [-0.1, -0.05) is 18.2 Å². The Kier molecular flexibility index (Phi) is 4.56. The molecule has 0 spiro atoms. The van der Waals surface area contributed by atoms with Crippen molar-refractivity contribution in [2.75, 3.05) is 0 Å². The topological polar surface area (TPSA) is 122 Å². The number of carbonyl (C=O) groups excluding carboxylic acids is 1. The van der Waals surface area contributed by atoms with E-state index in [1.54, 1.807) is 12.4 Å². The molecule has 0 saturated carbocycles. The molecule has 3 heterocycles. The smallest absolute Gasteiger partial charge is 0.254 e. The van der Waals surface area contributed by atoms with Crippen molar-refractivity contribution in [1.29, 1.82) is 0 Å². The molecule has 0 atom stereocenters. The molecule has 0 unspecified atom stereocenters. The van der Waals surface area contributed by atoms with Gasteiger partial charge in [0.05, 0.1) is 5.56 Å². The van der Waals surface area contributed by atoms with Gasteiger partial charge in [0.15, 0.2) is 5.82 Å². The van der Waals surface area contributed by atoms with Crippen molar-refractivity contribution in [3.8, 4) is 22.8 Å². The van der Waals surface area contributed by atoms with Crippen molar-refractivity contribution >= 4 is 5.91 Å². The molecule has 0 saturated heterocycles. The third-order valence-electron chi connectivity index (χ3n) is 3.84. The Labute approximate surface area is 153 Å².